The predicted molar refractivity (Wildman–Crippen MR) is 81.5 cm³/mol. The first kappa shape index (κ1) is 16.9. The summed E-state index contributed by atoms with van der Waals surface area (Å²) in [6, 6.07) is 4.55. The minimum Gasteiger partial charge on any atom is -0.345 e. The molecule has 1 aromatic carbocycles. The van der Waals surface area contributed by atoms with Crippen LogP contribution in [0.4, 0.5) is 10.1 Å². The van der Waals surface area contributed by atoms with Crippen molar-refractivity contribution in [1.29, 1.82) is 0 Å². The Labute approximate surface area is 132 Å². The molecule has 23 heavy (non-hydrogen) atoms. The second kappa shape index (κ2) is 6.73. The number of amides is 1. The number of carbonyl (C=O) groups is 1. The molecule has 1 aromatic heterocycles. The van der Waals surface area contributed by atoms with Crippen molar-refractivity contribution >= 4 is 21.6 Å². The molecular formula is C13H16FN5O3S. The van der Waals surface area contributed by atoms with Gasteiger partial charge < -0.3 is 5.32 Å². The highest BCUT2D eigenvalue weighted by Crippen LogP contribution is 2.18. The standard InChI is InChI=1S/C13H16FN5O3S/c1-9(13-15-8-16-18-13)17-12(20)7-19(23(2,21)22)11-5-3-4-10(14)6-11/h3-6,8-9H,7H2,1-2H3,(H,17,20)(H,15,16,18)/t9-/m0/s1. The van der Waals surface area contributed by atoms with Crippen molar-refractivity contribution in [3.05, 3.63) is 42.2 Å². The van der Waals surface area contributed by atoms with Crippen molar-refractivity contribution in [1.82, 2.24) is 20.5 Å². The molecule has 0 aliphatic heterocycles. The number of nitrogens with one attached hydrogen (secondary N) is 2. The molecule has 1 atom stereocenters. The van der Waals surface area contributed by atoms with Crippen LogP contribution < -0.4 is 9.62 Å². The first-order valence-electron chi connectivity index (χ1n) is 6.65. The predicted octanol–water partition coefficient (Wildman–Crippen LogP) is 0.587. The number of aromatic amines is 1. The van der Waals surface area contributed by atoms with E-state index in [0.717, 1.165) is 16.6 Å². The van der Waals surface area contributed by atoms with Crippen LogP contribution in [0, 0.1) is 5.82 Å². The van der Waals surface area contributed by atoms with Crippen LogP contribution in [-0.2, 0) is 14.8 Å². The molecule has 1 amide bonds. The lowest BCUT2D eigenvalue weighted by Gasteiger charge is -2.22. The van der Waals surface area contributed by atoms with Crippen LogP contribution in [0.25, 0.3) is 0 Å². The number of hydrogen-bond acceptors (Lipinski definition) is 5. The average Bonchev–Trinajstić information content (AvgIpc) is 2.97. The smallest absolute Gasteiger partial charge is 0.241 e. The number of carbonyl (C=O) groups excluding carboxylic acids is 1. The highest BCUT2D eigenvalue weighted by atomic mass is 32.2. The Bertz CT molecular complexity index is 779. The third-order valence-electron chi connectivity index (χ3n) is 3.01. The zero-order valence-corrected chi connectivity index (χ0v) is 13.3. The van der Waals surface area contributed by atoms with Crippen LogP contribution in [-0.4, -0.2) is 42.3 Å². The molecule has 0 bridgehead atoms. The Morgan fingerprint density at radius 3 is 2.78 bits per heavy atom. The van der Waals surface area contributed by atoms with E-state index < -0.39 is 34.3 Å². The van der Waals surface area contributed by atoms with E-state index in [1.54, 1.807) is 6.92 Å². The maximum Gasteiger partial charge on any atom is 0.241 e. The minimum atomic E-state index is -3.75. The number of rotatable bonds is 6. The number of sulfonamides is 1. The van der Waals surface area contributed by atoms with Gasteiger partial charge in [-0.15, -0.1) is 0 Å². The Morgan fingerprint density at radius 1 is 1.48 bits per heavy atom. The molecule has 0 radical (unpaired) electrons. The fourth-order valence-corrected chi connectivity index (χ4v) is 2.79. The second-order valence-corrected chi connectivity index (χ2v) is 6.82. The summed E-state index contributed by atoms with van der Waals surface area (Å²) >= 11 is 0. The fraction of sp³-hybridized carbons (Fsp3) is 0.308. The Kier molecular flexibility index (Phi) is 4.94. The van der Waals surface area contributed by atoms with Gasteiger partial charge in [0.05, 0.1) is 18.0 Å². The lowest BCUT2D eigenvalue weighted by atomic mass is 10.3. The molecule has 8 nitrogen and oxygen atoms in total. The van der Waals surface area contributed by atoms with Gasteiger partial charge in [0.2, 0.25) is 15.9 Å². The van der Waals surface area contributed by atoms with E-state index in [0.29, 0.717) is 5.82 Å². The quantitative estimate of drug-likeness (QED) is 0.799. The van der Waals surface area contributed by atoms with E-state index in [9.17, 15) is 17.6 Å². The van der Waals surface area contributed by atoms with Crippen molar-refractivity contribution in [3.63, 3.8) is 0 Å². The first-order valence-corrected chi connectivity index (χ1v) is 8.50. The van der Waals surface area contributed by atoms with E-state index >= 15 is 0 Å². The summed E-state index contributed by atoms with van der Waals surface area (Å²) in [7, 11) is -3.75. The summed E-state index contributed by atoms with van der Waals surface area (Å²) in [5.41, 5.74) is 0.0787. The minimum absolute atomic E-state index is 0.0787. The zero-order valence-electron chi connectivity index (χ0n) is 12.5. The van der Waals surface area contributed by atoms with E-state index in [1.165, 1.54) is 24.5 Å². The zero-order chi connectivity index (χ0) is 17.0. The summed E-state index contributed by atoms with van der Waals surface area (Å²) in [5.74, 6) is -0.704. The highest BCUT2D eigenvalue weighted by Gasteiger charge is 2.22. The molecule has 10 heteroatoms. The van der Waals surface area contributed by atoms with Crippen molar-refractivity contribution in [2.45, 2.75) is 13.0 Å². The molecule has 2 N–H and O–H groups in total. The largest absolute Gasteiger partial charge is 0.345 e. The second-order valence-electron chi connectivity index (χ2n) is 4.91. The Balaban J connectivity index is 2.14. The molecule has 124 valence electrons. The summed E-state index contributed by atoms with van der Waals surface area (Å²) < 4.78 is 37.9. The number of halogens is 1. The Hall–Kier alpha value is -2.49. The van der Waals surface area contributed by atoms with Crippen molar-refractivity contribution in [2.24, 2.45) is 0 Å². The summed E-state index contributed by atoms with van der Waals surface area (Å²) in [4.78, 5) is 16.0. The number of anilines is 1. The number of benzene rings is 1. The van der Waals surface area contributed by atoms with Crippen LogP contribution >= 0.6 is 0 Å². The normalized spacial score (nSPS) is 12.7. The SMILES string of the molecule is C[C@H](NC(=O)CN(c1cccc(F)c1)S(C)(=O)=O)c1ncn[nH]1. The number of nitrogens with zero attached hydrogens (tertiary/aromatic N) is 3. The number of aromatic nitrogens is 3. The highest BCUT2D eigenvalue weighted by molar-refractivity contribution is 7.92. The van der Waals surface area contributed by atoms with E-state index in [-0.39, 0.29) is 5.69 Å². The van der Waals surface area contributed by atoms with Gasteiger partial charge in [-0.25, -0.2) is 17.8 Å². The molecular weight excluding hydrogens is 325 g/mol. The maximum absolute atomic E-state index is 13.3. The van der Waals surface area contributed by atoms with Crippen molar-refractivity contribution < 1.29 is 17.6 Å². The lowest BCUT2D eigenvalue weighted by molar-refractivity contribution is -0.120. The topological polar surface area (TPSA) is 108 Å². The third kappa shape index (κ3) is 4.49. The van der Waals surface area contributed by atoms with Gasteiger partial charge in [0, 0.05) is 0 Å². The molecule has 0 saturated heterocycles. The van der Waals surface area contributed by atoms with Crippen LogP contribution in [0.3, 0.4) is 0 Å². The molecule has 2 aromatic rings. The van der Waals surface area contributed by atoms with Gasteiger partial charge in [-0.3, -0.25) is 14.2 Å². The average molecular weight is 341 g/mol. The molecule has 0 spiro atoms. The summed E-state index contributed by atoms with van der Waals surface area (Å²) in [6.07, 6.45) is 2.25. The van der Waals surface area contributed by atoms with Crippen molar-refractivity contribution in [2.75, 3.05) is 17.1 Å². The fourth-order valence-electron chi connectivity index (χ4n) is 1.94. The van der Waals surface area contributed by atoms with Crippen LogP contribution in [0.2, 0.25) is 0 Å². The molecule has 1 heterocycles. The number of hydrogen-bond donors (Lipinski definition) is 2. The molecule has 0 aliphatic carbocycles. The van der Waals surface area contributed by atoms with Gasteiger partial charge in [0.25, 0.3) is 0 Å². The van der Waals surface area contributed by atoms with E-state index in [2.05, 4.69) is 20.5 Å². The number of H-pyrrole nitrogens is 1. The van der Waals surface area contributed by atoms with Gasteiger partial charge in [0.1, 0.15) is 24.5 Å². The molecule has 2 rings (SSSR count). The van der Waals surface area contributed by atoms with Gasteiger partial charge in [-0.1, -0.05) is 6.07 Å². The molecule has 0 fully saturated rings. The van der Waals surface area contributed by atoms with Gasteiger partial charge in [-0.2, -0.15) is 5.10 Å². The molecule has 0 aliphatic rings. The van der Waals surface area contributed by atoms with Crippen molar-refractivity contribution in [3.8, 4) is 0 Å². The molecule has 0 saturated carbocycles. The first-order chi connectivity index (χ1) is 10.8. The Morgan fingerprint density at radius 2 is 2.22 bits per heavy atom. The van der Waals surface area contributed by atoms with E-state index in [4.69, 9.17) is 0 Å². The van der Waals surface area contributed by atoms with E-state index in [1.807, 2.05) is 0 Å². The van der Waals surface area contributed by atoms with Gasteiger partial charge >= 0.3 is 0 Å². The van der Waals surface area contributed by atoms with Crippen LogP contribution in [0.1, 0.15) is 18.8 Å². The van der Waals surface area contributed by atoms with Crippen LogP contribution in [0.15, 0.2) is 30.6 Å². The maximum atomic E-state index is 13.3. The summed E-state index contributed by atoms with van der Waals surface area (Å²) in [6.45, 7) is 1.20. The molecule has 0 unspecified atom stereocenters. The summed E-state index contributed by atoms with van der Waals surface area (Å²) in [5, 5.41) is 8.88. The monoisotopic (exact) mass is 341 g/mol. The third-order valence-corrected chi connectivity index (χ3v) is 4.15. The van der Waals surface area contributed by atoms with Gasteiger partial charge in [-0.05, 0) is 25.1 Å². The lowest BCUT2D eigenvalue weighted by Crippen LogP contribution is -2.41. The van der Waals surface area contributed by atoms with Crippen LogP contribution in [0.5, 0.6) is 0 Å². The van der Waals surface area contributed by atoms with Gasteiger partial charge in [0.15, 0.2) is 0 Å².